The van der Waals surface area contributed by atoms with Crippen molar-refractivity contribution in [2.75, 3.05) is 7.11 Å². The number of aromatic nitrogens is 1. The second-order valence-electron chi connectivity index (χ2n) is 5.18. The fraction of sp³-hybridized carbons (Fsp3) is 0.111. The summed E-state index contributed by atoms with van der Waals surface area (Å²) in [5.74, 6) is 1.16. The molecule has 0 bridgehead atoms. The van der Waals surface area contributed by atoms with Gasteiger partial charge in [-0.05, 0) is 18.2 Å². The Hall–Kier alpha value is -3.08. The van der Waals surface area contributed by atoms with Crippen LogP contribution in [0.5, 0.6) is 5.75 Å². The van der Waals surface area contributed by atoms with Gasteiger partial charge in [0.25, 0.3) is 0 Å². The Morgan fingerprint density at radius 1 is 1.13 bits per heavy atom. The van der Waals surface area contributed by atoms with E-state index in [0.29, 0.717) is 17.9 Å². The highest BCUT2D eigenvalue weighted by atomic mass is 16.5. The van der Waals surface area contributed by atoms with Crippen LogP contribution in [0.2, 0.25) is 0 Å². The van der Waals surface area contributed by atoms with Crippen LogP contribution < -0.4 is 4.74 Å². The lowest BCUT2D eigenvalue weighted by molar-refractivity contribution is 0.0601. The summed E-state index contributed by atoms with van der Waals surface area (Å²) >= 11 is 0. The maximum absolute atomic E-state index is 11.5. The molecule has 0 aliphatic carbocycles. The van der Waals surface area contributed by atoms with Crippen LogP contribution in [0.15, 0.2) is 53.1 Å². The first-order chi connectivity index (χ1) is 11.3. The largest absolute Gasteiger partial charge is 0.485 e. The summed E-state index contributed by atoms with van der Waals surface area (Å²) in [6, 6.07) is 14.9. The Bertz CT molecular complexity index is 880. The van der Waals surface area contributed by atoms with Crippen molar-refractivity contribution in [2.24, 2.45) is 0 Å². The highest BCUT2D eigenvalue weighted by Gasteiger charge is 2.26. The summed E-state index contributed by atoms with van der Waals surface area (Å²) in [4.78, 5) is 11.5. The van der Waals surface area contributed by atoms with Crippen molar-refractivity contribution >= 4 is 5.97 Å². The Labute approximate surface area is 132 Å². The lowest BCUT2D eigenvalue weighted by atomic mass is 9.96. The zero-order chi connectivity index (χ0) is 15.8. The molecule has 0 spiro atoms. The fourth-order valence-electron chi connectivity index (χ4n) is 2.72. The summed E-state index contributed by atoms with van der Waals surface area (Å²) in [7, 11) is 1.36. The van der Waals surface area contributed by atoms with Crippen LogP contribution in [-0.4, -0.2) is 18.2 Å². The monoisotopic (exact) mass is 307 g/mol. The van der Waals surface area contributed by atoms with Crippen LogP contribution in [0.3, 0.4) is 0 Å². The smallest absolute Gasteiger partial charge is 0.337 e. The van der Waals surface area contributed by atoms with Crippen LogP contribution in [0.1, 0.15) is 16.1 Å². The van der Waals surface area contributed by atoms with Crippen molar-refractivity contribution in [3.05, 3.63) is 59.9 Å². The van der Waals surface area contributed by atoms with E-state index in [1.54, 1.807) is 12.1 Å². The second-order valence-corrected chi connectivity index (χ2v) is 5.18. The molecule has 0 radical (unpaired) electrons. The van der Waals surface area contributed by atoms with E-state index in [1.165, 1.54) is 7.11 Å². The lowest BCUT2D eigenvalue weighted by Gasteiger charge is -2.16. The van der Waals surface area contributed by atoms with Crippen molar-refractivity contribution in [3.63, 3.8) is 0 Å². The number of carbonyl (C=O) groups is 1. The van der Waals surface area contributed by atoms with Crippen LogP contribution in [0, 0.1) is 0 Å². The van der Waals surface area contributed by atoms with Gasteiger partial charge in [-0.3, -0.25) is 0 Å². The van der Waals surface area contributed by atoms with Crippen molar-refractivity contribution in [1.82, 2.24) is 5.16 Å². The van der Waals surface area contributed by atoms with E-state index >= 15 is 0 Å². The first-order valence-corrected chi connectivity index (χ1v) is 7.17. The lowest BCUT2D eigenvalue weighted by Crippen LogP contribution is -2.03. The summed E-state index contributed by atoms with van der Waals surface area (Å²) in [6.07, 6.45) is 0. The van der Waals surface area contributed by atoms with E-state index in [9.17, 15) is 4.79 Å². The topological polar surface area (TPSA) is 61.6 Å². The molecule has 0 unspecified atom stereocenters. The van der Waals surface area contributed by atoms with Gasteiger partial charge in [0, 0.05) is 11.1 Å². The average Bonchev–Trinajstić information content (AvgIpc) is 3.06. The SMILES string of the molecule is COC(=O)c1ccc(-c2noc3c2-c2ccccc2OC3)cc1. The predicted octanol–water partition coefficient (Wildman–Crippen LogP) is 3.69. The number of methoxy groups -OCH3 is 1. The minimum Gasteiger partial charge on any atom is -0.485 e. The van der Waals surface area contributed by atoms with Crippen molar-refractivity contribution in [2.45, 2.75) is 6.61 Å². The van der Waals surface area contributed by atoms with E-state index in [2.05, 4.69) is 5.16 Å². The Morgan fingerprint density at radius 2 is 1.91 bits per heavy atom. The highest BCUT2D eigenvalue weighted by molar-refractivity contribution is 5.91. The molecule has 2 aromatic carbocycles. The third-order valence-electron chi connectivity index (χ3n) is 3.86. The van der Waals surface area contributed by atoms with Gasteiger partial charge in [-0.25, -0.2) is 4.79 Å². The standard InChI is InChI=1S/C18H13NO4/c1-21-18(20)12-8-6-11(7-9-12)17-16-13-4-2-3-5-14(13)22-10-15(16)23-19-17/h2-9H,10H2,1H3. The minimum atomic E-state index is -0.363. The Morgan fingerprint density at radius 3 is 2.70 bits per heavy atom. The molecule has 1 aliphatic rings. The molecule has 2 heterocycles. The molecule has 4 rings (SSSR count). The molecular weight excluding hydrogens is 294 g/mol. The zero-order valence-corrected chi connectivity index (χ0v) is 12.4. The van der Waals surface area contributed by atoms with Gasteiger partial charge in [0.2, 0.25) is 0 Å². The van der Waals surface area contributed by atoms with Gasteiger partial charge in [-0.2, -0.15) is 0 Å². The van der Waals surface area contributed by atoms with Gasteiger partial charge in [-0.1, -0.05) is 35.5 Å². The van der Waals surface area contributed by atoms with E-state index in [4.69, 9.17) is 14.0 Å². The number of hydrogen-bond acceptors (Lipinski definition) is 5. The number of fused-ring (bicyclic) bond motifs is 3. The summed E-state index contributed by atoms with van der Waals surface area (Å²) < 4.78 is 15.8. The summed E-state index contributed by atoms with van der Waals surface area (Å²) in [5, 5.41) is 4.19. The van der Waals surface area contributed by atoms with Crippen LogP contribution in [0.4, 0.5) is 0 Å². The zero-order valence-electron chi connectivity index (χ0n) is 12.4. The highest BCUT2D eigenvalue weighted by Crippen LogP contribution is 2.42. The minimum absolute atomic E-state index is 0.361. The Balaban J connectivity index is 1.81. The number of rotatable bonds is 2. The number of esters is 1. The maximum atomic E-state index is 11.5. The van der Waals surface area contributed by atoms with E-state index in [1.807, 2.05) is 36.4 Å². The van der Waals surface area contributed by atoms with E-state index < -0.39 is 0 Å². The number of hydrogen-bond donors (Lipinski definition) is 0. The quantitative estimate of drug-likeness (QED) is 0.676. The van der Waals surface area contributed by atoms with Crippen molar-refractivity contribution in [1.29, 1.82) is 0 Å². The van der Waals surface area contributed by atoms with Crippen LogP contribution >= 0.6 is 0 Å². The van der Waals surface area contributed by atoms with Gasteiger partial charge >= 0.3 is 5.97 Å². The van der Waals surface area contributed by atoms with Crippen molar-refractivity contribution < 1.29 is 18.8 Å². The summed E-state index contributed by atoms with van der Waals surface area (Å²) in [5.41, 5.74) is 4.02. The molecule has 0 saturated carbocycles. The van der Waals surface area contributed by atoms with Gasteiger partial charge in [0.15, 0.2) is 5.76 Å². The average molecular weight is 307 g/mol. The fourth-order valence-corrected chi connectivity index (χ4v) is 2.72. The predicted molar refractivity (Wildman–Crippen MR) is 83.0 cm³/mol. The number of para-hydroxylation sites is 1. The Kier molecular flexibility index (Phi) is 3.12. The maximum Gasteiger partial charge on any atom is 0.337 e. The molecule has 3 aromatic rings. The molecular formula is C18H13NO4. The summed E-state index contributed by atoms with van der Waals surface area (Å²) in [6.45, 7) is 0.361. The van der Waals surface area contributed by atoms with Crippen LogP contribution in [-0.2, 0) is 11.3 Å². The number of ether oxygens (including phenoxy) is 2. The third-order valence-corrected chi connectivity index (χ3v) is 3.86. The first kappa shape index (κ1) is 13.6. The molecule has 5 heteroatoms. The van der Waals surface area contributed by atoms with Gasteiger partial charge in [0.1, 0.15) is 18.1 Å². The second kappa shape index (κ2) is 5.28. The van der Waals surface area contributed by atoms with Crippen molar-refractivity contribution in [3.8, 4) is 28.1 Å². The van der Waals surface area contributed by atoms with Gasteiger partial charge in [0.05, 0.1) is 18.2 Å². The molecule has 0 fully saturated rings. The van der Waals surface area contributed by atoms with Gasteiger partial charge in [-0.15, -0.1) is 0 Å². The normalized spacial score (nSPS) is 12.0. The number of benzene rings is 2. The molecule has 0 amide bonds. The first-order valence-electron chi connectivity index (χ1n) is 7.17. The number of carbonyl (C=O) groups excluding carboxylic acids is 1. The third kappa shape index (κ3) is 2.17. The number of nitrogens with zero attached hydrogens (tertiary/aromatic N) is 1. The van der Waals surface area contributed by atoms with Gasteiger partial charge < -0.3 is 14.0 Å². The molecule has 23 heavy (non-hydrogen) atoms. The van der Waals surface area contributed by atoms with Crippen LogP contribution in [0.25, 0.3) is 22.4 Å². The molecule has 114 valence electrons. The van der Waals surface area contributed by atoms with E-state index in [-0.39, 0.29) is 5.97 Å². The molecule has 0 atom stereocenters. The molecule has 0 N–H and O–H groups in total. The molecule has 0 saturated heterocycles. The molecule has 1 aliphatic heterocycles. The molecule has 1 aromatic heterocycles. The molecule has 5 nitrogen and oxygen atoms in total. The van der Waals surface area contributed by atoms with E-state index in [0.717, 1.165) is 28.1 Å².